The lowest BCUT2D eigenvalue weighted by atomic mass is 9.92. The van der Waals surface area contributed by atoms with E-state index in [1.54, 1.807) is 7.11 Å². The van der Waals surface area contributed by atoms with Crippen LogP contribution in [0.3, 0.4) is 0 Å². The minimum absolute atomic E-state index is 0.0761. The predicted octanol–water partition coefficient (Wildman–Crippen LogP) is 6.05. The predicted molar refractivity (Wildman–Crippen MR) is 121 cm³/mol. The molecule has 1 atom stereocenters. The molecule has 2 N–H and O–H groups in total. The van der Waals surface area contributed by atoms with Gasteiger partial charge in [0, 0.05) is 11.6 Å². The molecule has 0 saturated heterocycles. The van der Waals surface area contributed by atoms with Crippen molar-refractivity contribution in [2.75, 3.05) is 7.11 Å². The highest BCUT2D eigenvalue weighted by molar-refractivity contribution is 6.03. The Balaban J connectivity index is 1.90. The Labute approximate surface area is 183 Å². The van der Waals surface area contributed by atoms with Crippen molar-refractivity contribution in [3.8, 4) is 23.0 Å². The summed E-state index contributed by atoms with van der Waals surface area (Å²) >= 11 is 0. The van der Waals surface area contributed by atoms with Crippen LogP contribution in [0.25, 0.3) is 0 Å². The molecule has 2 aromatic rings. The van der Waals surface area contributed by atoms with E-state index in [4.69, 9.17) is 9.47 Å². The maximum atomic E-state index is 12.9. The second kappa shape index (κ2) is 9.73. The Bertz CT molecular complexity index is 1010. The van der Waals surface area contributed by atoms with E-state index in [0.29, 0.717) is 12.0 Å². The Morgan fingerprint density at radius 1 is 1.13 bits per heavy atom. The minimum Gasteiger partial charge on any atom is -0.507 e. The van der Waals surface area contributed by atoms with Gasteiger partial charge in [0.15, 0.2) is 5.78 Å². The molecule has 31 heavy (non-hydrogen) atoms. The van der Waals surface area contributed by atoms with Gasteiger partial charge in [-0.25, -0.2) is 0 Å². The first kappa shape index (κ1) is 22.5. The number of carbonyl (C=O) groups is 1. The van der Waals surface area contributed by atoms with Crippen molar-refractivity contribution >= 4 is 5.78 Å². The highest BCUT2D eigenvalue weighted by Crippen LogP contribution is 2.45. The molecule has 5 heteroatoms. The molecule has 1 unspecified atom stereocenters. The van der Waals surface area contributed by atoms with Gasteiger partial charge in [0.25, 0.3) is 0 Å². The van der Waals surface area contributed by atoms with Crippen LogP contribution < -0.4 is 9.47 Å². The zero-order chi connectivity index (χ0) is 22.5. The lowest BCUT2D eigenvalue weighted by Crippen LogP contribution is -2.21. The van der Waals surface area contributed by atoms with Crippen molar-refractivity contribution in [2.24, 2.45) is 0 Å². The molecule has 0 saturated carbocycles. The van der Waals surface area contributed by atoms with E-state index in [2.05, 4.69) is 26.8 Å². The number of phenolic OH excluding ortho intramolecular Hbond substituents is 2. The van der Waals surface area contributed by atoms with Crippen molar-refractivity contribution in [3.63, 3.8) is 0 Å². The van der Waals surface area contributed by atoms with Gasteiger partial charge >= 0.3 is 0 Å². The number of methoxy groups -OCH3 is 1. The monoisotopic (exact) mass is 422 g/mol. The van der Waals surface area contributed by atoms with E-state index in [-0.39, 0.29) is 35.0 Å². The Morgan fingerprint density at radius 3 is 2.48 bits per heavy atom. The number of fused-ring (bicyclic) bond motifs is 1. The quantitative estimate of drug-likeness (QED) is 0.531. The molecule has 0 spiro atoms. The first-order chi connectivity index (χ1) is 14.8. The van der Waals surface area contributed by atoms with Crippen molar-refractivity contribution in [2.45, 2.75) is 52.6 Å². The molecule has 0 amide bonds. The number of ketones is 1. The molecule has 5 nitrogen and oxygen atoms in total. The minimum atomic E-state index is -0.492. The average molecular weight is 423 g/mol. The fourth-order valence-electron chi connectivity index (χ4n) is 3.69. The molecule has 0 aliphatic carbocycles. The molecule has 0 radical (unpaired) electrons. The van der Waals surface area contributed by atoms with Crippen LogP contribution in [0.15, 0.2) is 53.6 Å². The summed E-state index contributed by atoms with van der Waals surface area (Å²) < 4.78 is 11.4. The number of ether oxygens (including phenoxy) is 2. The molecule has 3 rings (SSSR count). The molecule has 1 aliphatic rings. The summed E-state index contributed by atoms with van der Waals surface area (Å²) in [4.78, 5) is 12.9. The summed E-state index contributed by atoms with van der Waals surface area (Å²) in [6.07, 6.45) is 6.15. The molecule has 164 valence electrons. The second-order valence-electron chi connectivity index (χ2n) is 8.18. The summed E-state index contributed by atoms with van der Waals surface area (Å²) in [5.74, 6) is 0.454. The van der Waals surface area contributed by atoms with E-state index in [1.807, 2.05) is 30.3 Å². The number of hydrogen-bond acceptors (Lipinski definition) is 5. The fourth-order valence-corrected chi connectivity index (χ4v) is 3.69. The molecule has 1 heterocycles. The maximum Gasteiger partial charge on any atom is 0.174 e. The third kappa shape index (κ3) is 5.29. The smallest absolute Gasteiger partial charge is 0.174 e. The number of carbonyl (C=O) groups excluding carboxylic acids is 1. The van der Waals surface area contributed by atoms with Gasteiger partial charge in [-0.15, -0.1) is 0 Å². The first-order valence-corrected chi connectivity index (χ1v) is 10.5. The van der Waals surface area contributed by atoms with Crippen molar-refractivity contribution in [3.05, 3.63) is 70.3 Å². The SMILES string of the molecule is COc1ccc(C2CC(=O)c3c(O)cc(O)c(C/C=C(\C)CCC=C(C)C)c3O2)cc1. The number of hydrogen-bond donors (Lipinski definition) is 2. The Kier molecular flexibility index (Phi) is 7.06. The third-order valence-corrected chi connectivity index (χ3v) is 5.48. The zero-order valence-electron chi connectivity index (χ0n) is 18.6. The van der Waals surface area contributed by atoms with Gasteiger partial charge in [0.1, 0.15) is 34.7 Å². The van der Waals surface area contributed by atoms with Crippen LogP contribution in [0.1, 0.15) is 67.6 Å². The third-order valence-electron chi connectivity index (χ3n) is 5.48. The summed E-state index contributed by atoms with van der Waals surface area (Å²) in [5.41, 5.74) is 3.97. The highest BCUT2D eigenvalue weighted by Gasteiger charge is 2.33. The molecule has 0 bridgehead atoms. The molecule has 0 fully saturated rings. The number of rotatable bonds is 7. The molecule has 1 aliphatic heterocycles. The van der Waals surface area contributed by atoms with E-state index in [0.717, 1.165) is 24.2 Å². The van der Waals surface area contributed by atoms with Gasteiger partial charge in [-0.05, 0) is 57.7 Å². The van der Waals surface area contributed by atoms with Crippen molar-refractivity contribution in [1.82, 2.24) is 0 Å². The largest absolute Gasteiger partial charge is 0.507 e. The van der Waals surface area contributed by atoms with E-state index in [1.165, 1.54) is 17.2 Å². The van der Waals surface area contributed by atoms with Crippen LogP contribution in [0.4, 0.5) is 0 Å². The normalized spacial score (nSPS) is 15.8. The lowest BCUT2D eigenvalue weighted by molar-refractivity contribution is 0.0842. The molecular weight excluding hydrogens is 392 g/mol. The summed E-state index contributed by atoms with van der Waals surface area (Å²) in [6, 6.07) is 8.58. The van der Waals surface area contributed by atoms with E-state index >= 15 is 0 Å². The molecule has 2 aromatic carbocycles. The van der Waals surface area contributed by atoms with Gasteiger partial charge < -0.3 is 19.7 Å². The molecule has 0 aromatic heterocycles. The first-order valence-electron chi connectivity index (χ1n) is 10.5. The maximum absolute atomic E-state index is 12.9. The van der Waals surface area contributed by atoms with Gasteiger partial charge in [-0.2, -0.15) is 0 Å². The average Bonchev–Trinajstić information content (AvgIpc) is 2.72. The highest BCUT2D eigenvalue weighted by atomic mass is 16.5. The topological polar surface area (TPSA) is 76.0 Å². The van der Waals surface area contributed by atoms with Gasteiger partial charge in [-0.1, -0.05) is 35.4 Å². The summed E-state index contributed by atoms with van der Waals surface area (Å²) in [6.45, 7) is 6.20. The van der Waals surface area contributed by atoms with Crippen molar-refractivity contribution < 1.29 is 24.5 Å². The van der Waals surface area contributed by atoms with Crippen LogP contribution in [0.5, 0.6) is 23.0 Å². The second-order valence-corrected chi connectivity index (χ2v) is 8.18. The van der Waals surface area contributed by atoms with Gasteiger partial charge in [0.05, 0.1) is 13.5 Å². The van der Waals surface area contributed by atoms with Crippen molar-refractivity contribution in [1.29, 1.82) is 0 Å². The summed E-state index contributed by atoms with van der Waals surface area (Å²) in [5, 5.41) is 20.8. The van der Waals surface area contributed by atoms with Gasteiger partial charge in [0.2, 0.25) is 0 Å². The fraction of sp³-hybridized carbons (Fsp3) is 0.346. The van der Waals surface area contributed by atoms with Crippen LogP contribution in [-0.2, 0) is 6.42 Å². The van der Waals surface area contributed by atoms with Gasteiger partial charge in [-0.3, -0.25) is 4.79 Å². The Hall–Kier alpha value is -3.21. The Morgan fingerprint density at radius 2 is 1.84 bits per heavy atom. The van der Waals surface area contributed by atoms with E-state index < -0.39 is 6.10 Å². The van der Waals surface area contributed by atoms with Crippen LogP contribution >= 0.6 is 0 Å². The number of allylic oxidation sites excluding steroid dienone is 4. The van der Waals surface area contributed by atoms with Crippen LogP contribution in [0, 0.1) is 0 Å². The molecular formula is C26H30O5. The number of benzene rings is 2. The van der Waals surface area contributed by atoms with Crippen LogP contribution in [0.2, 0.25) is 0 Å². The standard InChI is InChI=1S/C26H30O5/c1-16(2)6-5-7-17(3)8-13-20-21(27)14-22(28)25-23(29)15-24(31-26(20)25)18-9-11-19(30-4)12-10-18/h6,8-12,14,24,27-28H,5,7,13,15H2,1-4H3/b17-8+. The van der Waals surface area contributed by atoms with Crippen LogP contribution in [-0.4, -0.2) is 23.1 Å². The zero-order valence-corrected chi connectivity index (χ0v) is 18.6. The number of Topliss-reactive ketones (excluding diaryl/α,β-unsaturated/α-hetero) is 1. The van der Waals surface area contributed by atoms with E-state index in [9.17, 15) is 15.0 Å². The number of phenols is 2. The summed E-state index contributed by atoms with van der Waals surface area (Å²) in [7, 11) is 1.60. The number of aromatic hydroxyl groups is 2. The lowest BCUT2D eigenvalue weighted by Gasteiger charge is -2.28.